The third-order valence-corrected chi connectivity index (χ3v) is 3.00. The van der Waals surface area contributed by atoms with E-state index in [0.717, 1.165) is 0 Å². The first-order valence-corrected chi connectivity index (χ1v) is 5.80. The Labute approximate surface area is 91.8 Å². The summed E-state index contributed by atoms with van der Waals surface area (Å²) in [6.07, 6.45) is 0. The first kappa shape index (κ1) is 14.4. The predicted octanol–water partition coefficient (Wildman–Crippen LogP) is 3.09. The van der Waals surface area contributed by atoms with Gasteiger partial charge in [-0.15, -0.1) is 11.6 Å². The highest BCUT2D eigenvalue weighted by Crippen LogP contribution is 2.29. The standard InChI is InChI=1S/C8H15ClF3NS/c1-6(2)7(9)5-13-3-4-14-8(10,11)12/h6-7,13H,3-5H2,1-2H3. The molecule has 1 atom stereocenters. The molecule has 0 aliphatic rings. The molecule has 14 heavy (non-hydrogen) atoms. The Hall–Kier alpha value is 0.390. The molecule has 0 aliphatic heterocycles. The van der Waals surface area contributed by atoms with Crippen molar-refractivity contribution in [3.63, 3.8) is 0 Å². The SMILES string of the molecule is CC(C)C(Cl)CNCCSC(F)(F)F. The number of hydrogen-bond acceptors (Lipinski definition) is 2. The van der Waals surface area contributed by atoms with Crippen LogP contribution in [-0.2, 0) is 0 Å². The highest BCUT2D eigenvalue weighted by atomic mass is 35.5. The Bertz CT molecular complexity index is 152. The van der Waals surface area contributed by atoms with E-state index in [1.807, 2.05) is 13.8 Å². The molecule has 0 aromatic carbocycles. The second-order valence-electron chi connectivity index (χ2n) is 3.26. The average molecular weight is 250 g/mol. The quantitative estimate of drug-likeness (QED) is 0.574. The largest absolute Gasteiger partial charge is 0.441 e. The number of hydrogen-bond donors (Lipinski definition) is 1. The van der Waals surface area contributed by atoms with Gasteiger partial charge in [0.25, 0.3) is 0 Å². The fourth-order valence-electron chi connectivity index (χ4n) is 0.715. The van der Waals surface area contributed by atoms with Crippen molar-refractivity contribution < 1.29 is 13.2 Å². The molecule has 0 aliphatic carbocycles. The lowest BCUT2D eigenvalue weighted by Crippen LogP contribution is -2.28. The zero-order chi connectivity index (χ0) is 11.2. The first-order valence-electron chi connectivity index (χ1n) is 4.38. The molecule has 0 radical (unpaired) electrons. The van der Waals surface area contributed by atoms with Gasteiger partial charge in [-0.05, 0) is 17.7 Å². The highest BCUT2D eigenvalue weighted by Gasteiger charge is 2.27. The minimum Gasteiger partial charge on any atom is -0.314 e. The summed E-state index contributed by atoms with van der Waals surface area (Å²) in [5.74, 6) is 0.366. The van der Waals surface area contributed by atoms with Crippen LogP contribution in [0.2, 0.25) is 0 Å². The third kappa shape index (κ3) is 8.97. The Kier molecular flexibility index (Phi) is 6.99. The summed E-state index contributed by atoms with van der Waals surface area (Å²) in [7, 11) is 0. The minimum absolute atomic E-state index is 0.0120. The van der Waals surface area contributed by atoms with Gasteiger partial charge >= 0.3 is 5.51 Å². The predicted molar refractivity (Wildman–Crippen MR) is 55.9 cm³/mol. The Morgan fingerprint density at radius 2 is 1.93 bits per heavy atom. The van der Waals surface area contributed by atoms with E-state index >= 15 is 0 Å². The molecular formula is C8H15ClF3NS. The molecule has 1 nitrogen and oxygen atoms in total. The van der Waals surface area contributed by atoms with Crippen molar-refractivity contribution in [1.29, 1.82) is 0 Å². The van der Waals surface area contributed by atoms with Crippen LogP contribution in [0.4, 0.5) is 13.2 Å². The maximum absolute atomic E-state index is 11.7. The van der Waals surface area contributed by atoms with E-state index in [4.69, 9.17) is 11.6 Å². The minimum atomic E-state index is -4.12. The van der Waals surface area contributed by atoms with Crippen LogP contribution in [0.15, 0.2) is 0 Å². The molecule has 86 valence electrons. The number of halogens is 4. The van der Waals surface area contributed by atoms with E-state index in [1.165, 1.54) is 0 Å². The molecule has 1 unspecified atom stereocenters. The molecule has 0 saturated heterocycles. The van der Waals surface area contributed by atoms with Gasteiger partial charge in [0.1, 0.15) is 0 Å². The maximum Gasteiger partial charge on any atom is 0.441 e. The van der Waals surface area contributed by atoms with Gasteiger partial charge in [0.15, 0.2) is 0 Å². The molecule has 6 heteroatoms. The average Bonchev–Trinajstić information content (AvgIpc) is 2.01. The van der Waals surface area contributed by atoms with Gasteiger partial charge < -0.3 is 5.32 Å². The number of rotatable bonds is 6. The van der Waals surface area contributed by atoms with Crippen LogP contribution >= 0.6 is 23.4 Å². The van der Waals surface area contributed by atoms with Gasteiger partial charge in [-0.2, -0.15) is 13.2 Å². The lowest BCUT2D eigenvalue weighted by molar-refractivity contribution is -0.0327. The van der Waals surface area contributed by atoms with Gasteiger partial charge in [0.2, 0.25) is 0 Å². The zero-order valence-electron chi connectivity index (χ0n) is 8.20. The van der Waals surface area contributed by atoms with Gasteiger partial charge in [0.05, 0.1) is 0 Å². The summed E-state index contributed by atoms with van der Waals surface area (Å²) in [6, 6.07) is 0. The van der Waals surface area contributed by atoms with Crippen molar-refractivity contribution in [3.8, 4) is 0 Å². The van der Waals surface area contributed by atoms with Crippen molar-refractivity contribution in [3.05, 3.63) is 0 Å². The highest BCUT2D eigenvalue weighted by molar-refractivity contribution is 8.00. The topological polar surface area (TPSA) is 12.0 Å². The number of alkyl halides is 4. The van der Waals surface area contributed by atoms with Crippen LogP contribution in [0.5, 0.6) is 0 Å². The van der Waals surface area contributed by atoms with E-state index < -0.39 is 5.51 Å². The fraction of sp³-hybridized carbons (Fsp3) is 1.00. The molecule has 0 aromatic heterocycles. The molecule has 1 N–H and O–H groups in total. The maximum atomic E-state index is 11.7. The third-order valence-electron chi connectivity index (χ3n) is 1.61. The molecule has 0 amide bonds. The molecule has 0 fully saturated rings. The van der Waals surface area contributed by atoms with Crippen molar-refractivity contribution in [2.75, 3.05) is 18.8 Å². The molecule has 0 aromatic rings. The van der Waals surface area contributed by atoms with E-state index in [-0.39, 0.29) is 22.9 Å². The fourth-order valence-corrected chi connectivity index (χ4v) is 1.30. The van der Waals surface area contributed by atoms with Crippen molar-refractivity contribution >= 4 is 23.4 Å². The zero-order valence-corrected chi connectivity index (χ0v) is 9.77. The summed E-state index contributed by atoms with van der Waals surface area (Å²) in [6.45, 7) is 4.84. The molecule has 0 spiro atoms. The number of nitrogens with one attached hydrogen (secondary N) is 1. The van der Waals surface area contributed by atoms with E-state index in [1.54, 1.807) is 0 Å². The van der Waals surface area contributed by atoms with Crippen LogP contribution < -0.4 is 5.32 Å². The summed E-state index contributed by atoms with van der Waals surface area (Å²) in [4.78, 5) is 0. The monoisotopic (exact) mass is 249 g/mol. The molecule has 0 saturated carbocycles. The Morgan fingerprint density at radius 3 is 2.36 bits per heavy atom. The molecular weight excluding hydrogens is 235 g/mol. The van der Waals surface area contributed by atoms with Crippen molar-refractivity contribution in [2.45, 2.75) is 24.7 Å². The molecule has 0 bridgehead atoms. The van der Waals surface area contributed by atoms with E-state index in [0.29, 0.717) is 19.0 Å². The number of thioether (sulfide) groups is 1. The molecule has 0 rings (SSSR count). The summed E-state index contributed by atoms with van der Waals surface area (Å²) in [5, 5.41) is 2.86. The first-order chi connectivity index (χ1) is 6.33. The van der Waals surface area contributed by atoms with Crippen LogP contribution in [0.1, 0.15) is 13.8 Å². The lowest BCUT2D eigenvalue weighted by atomic mass is 10.1. The van der Waals surface area contributed by atoms with Crippen LogP contribution in [0.3, 0.4) is 0 Å². The van der Waals surface area contributed by atoms with Crippen LogP contribution in [-0.4, -0.2) is 29.7 Å². The van der Waals surface area contributed by atoms with Gasteiger partial charge in [-0.25, -0.2) is 0 Å². The molecule has 0 heterocycles. The van der Waals surface area contributed by atoms with E-state index in [9.17, 15) is 13.2 Å². The Balaban J connectivity index is 3.30. The van der Waals surface area contributed by atoms with Gasteiger partial charge in [-0.1, -0.05) is 13.8 Å². The van der Waals surface area contributed by atoms with Crippen molar-refractivity contribution in [1.82, 2.24) is 5.32 Å². The normalized spacial score (nSPS) is 14.8. The lowest BCUT2D eigenvalue weighted by Gasteiger charge is -2.14. The second kappa shape index (κ2) is 6.80. The Morgan fingerprint density at radius 1 is 1.36 bits per heavy atom. The van der Waals surface area contributed by atoms with E-state index in [2.05, 4.69) is 5.32 Å². The summed E-state index contributed by atoms with van der Waals surface area (Å²) >= 11 is 5.88. The summed E-state index contributed by atoms with van der Waals surface area (Å²) in [5.41, 5.74) is -4.12. The van der Waals surface area contributed by atoms with Crippen LogP contribution in [0.25, 0.3) is 0 Å². The second-order valence-corrected chi connectivity index (χ2v) is 4.98. The summed E-state index contributed by atoms with van der Waals surface area (Å²) < 4.78 is 35.0. The van der Waals surface area contributed by atoms with Gasteiger partial charge in [-0.3, -0.25) is 0 Å². The van der Waals surface area contributed by atoms with Crippen molar-refractivity contribution in [2.24, 2.45) is 5.92 Å². The smallest absolute Gasteiger partial charge is 0.314 e. The van der Waals surface area contributed by atoms with Crippen LogP contribution in [0, 0.1) is 5.92 Å². The van der Waals surface area contributed by atoms with Gasteiger partial charge in [0, 0.05) is 24.2 Å².